The van der Waals surface area contributed by atoms with Crippen LogP contribution < -0.4 is 20.1 Å². The average molecular weight is 384 g/mol. The lowest BCUT2D eigenvalue weighted by molar-refractivity contribution is -0.112. The number of primary amides is 1. The average Bonchev–Trinajstić information content (AvgIpc) is 3.09. The molecule has 1 heterocycles. The van der Waals surface area contributed by atoms with Gasteiger partial charge in [0.25, 0.3) is 5.91 Å². The predicted molar refractivity (Wildman–Crippen MR) is 103 cm³/mol. The first-order valence-corrected chi connectivity index (χ1v) is 8.43. The van der Waals surface area contributed by atoms with Gasteiger partial charge in [0.15, 0.2) is 17.3 Å². The van der Waals surface area contributed by atoms with Gasteiger partial charge in [-0.2, -0.15) is 0 Å². The Bertz CT molecular complexity index is 987. The van der Waals surface area contributed by atoms with Gasteiger partial charge in [-0.3, -0.25) is 20.5 Å². The highest BCUT2D eigenvalue weighted by Gasteiger charge is 2.27. The number of phenolic OH excluding ortho intramolecular Hbond substituents is 2. The number of carbonyl (C=O) groups excluding carboxylic acids is 1. The van der Waals surface area contributed by atoms with Crippen LogP contribution in [-0.2, 0) is 4.79 Å². The number of fused-ring (bicyclic) bond motifs is 1. The second-order valence-electron chi connectivity index (χ2n) is 6.52. The number of nitrogens with zero attached hydrogens (tertiary/aromatic N) is 1. The number of rotatable bonds is 3. The number of phenols is 2. The summed E-state index contributed by atoms with van der Waals surface area (Å²) >= 11 is 0. The molecule has 1 aliphatic rings. The molecule has 0 saturated heterocycles. The first-order chi connectivity index (χ1) is 13.2. The molecule has 0 radical (unpaired) electrons. The van der Waals surface area contributed by atoms with Crippen molar-refractivity contribution in [2.75, 3.05) is 11.7 Å². The molecule has 9 heteroatoms. The normalized spacial score (nSPS) is 12.1. The van der Waals surface area contributed by atoms with E-state index in [0.29, 0.717) is 17.1 Å². The van der Waals surface area contributed by atoms with Gasteiger partial charge in [0.05, 0.1) is 11.3 Å². The molecule has 6 N–H and O–H groups in total. The molecule has 0 aliphatic carbocycles. The Labute approximate surface area is 160 Å². The van der Waals surface area contributed by atoms with Gasteiger partial charge in [0.2, 0.25) is 6.79 Å². The second-order valence-corrected chi connectivity index (χ2v) is 6.52. The number of carbonyl (C=O) groups is 1. The SMILES string of the molecule is CC(C)c1cc(C(=N)N(C(=N)C(N)=O)c2ccc3c(c2)OCO3)c(O)cc1O. The quantitative estimate of drug-likeness (QED) is 0.404. The zero-order chi connectivity index (χ0) is 20.6. The van der Waals surface area contributed by atoms with Gasteiger partial charge in [0, 0.05) is 12.1 Å². The summed E-state index contributed by atoms with van der Waals surface area (Å²) in [7, 11) is 0. The van der Waals surface area contributed by atoms with E-state index in [1.54, 1.807) is 12.1 Å². The Kier molecular flexibility index (Phi) is 4.83. The van der Waals surface area contributed by atoms with Crippen molar-refractivity contribution >= 4 is 23.3 Å². The molecule has 1 aliphatic heterocycles. The number of amidine groups is 2. The third kappa shape index (κ3) is 3.29. The van der Waals surface area contributed by atoms with Gasteiger partial charge < -0.3 is 25.4 Å². The van der Waals surface area contributed by atoms with Crippen LogP contribution >= 0.6 is 0 Å². The number of amides is 1. The molecule has 2 aromatic rings. The molecule has 0 aromatic heterocycles. The van der Waals surface area contributed by atoms with Crippen molar-refractivity contribution in [3.8, 4) is 23.0 Å². The molecule has 1 amide bonds. The molecule has 146 valence electrons. The van der Waals surface area contributed by atoms with Crippen molar-refractivity contribution in [1.82, 2.24) is 0 Å². The Balaban J connectivity index is 2.11. The first-order valence-electron chi connectivity index (χ1n) is 8.43. The lowest BCUT2D eigenvalue weighted by Gasteiger charge is -2.25. The third-order valence-corrected chi connectivity index (χ3v) is 4.32. The van der Waals surface area contributed by atoms with Crippen LogP contribution in [0.2, 0.25) is 0 Å². The van der Waals surface area contributed by atoms with Crippen molar-refractivity contribution in [2.45, 2.75) is 19.8 Å². The van der Waals surface area contributed by atoms with Gasteiger partial charge in [-0.1, -0.05) is 13.8 Å². The molecule has 0 unspecified atom stereocenters. The van der Waals surface area contributed by atoms with Crippen molar-refractivity contribution < 1.29 is 24.5 Å². The summed E-state index contributed by atoms with van der Waals surface area (Å²) in [6, 6.07) is 7.22. The Morgan fingerprint density at radius 1 is 1.11 bits per heavy atom. The molecular formula is C19H20N4O5. The largest absolute Gasteiger partial charge is 0.508 e. The first kappa shape index (κ1) is 19.0. The summed E-state index contributed by atoms with van der Waals surface area (Å²) in [5.41, 5.74) is 6.08. The molecule has 9 nitrogen and oxygen atoms in total. The fraction of sp³-hybridized carbons (Fsp3) is 0.211. The number of nitrogens with two attached hydrogens (primary N) is 1. The van der Waals surface area contributed by atoms with E-state index in [9.17, 15) is 15.0 Å². The summed E-state index contributed by atoms with van der Waals surface area (Å²) in [4.78, 5) is 12.7. The van der Waals surface area contributed by atoms with E-state index in [1.165, 1.54) is 12.1 Å². The molecule has 2 aromatic carbocycles. The van der Waals surface area contributed by atoms with E-state index in [1.807, 2.05) is 13.8 Å². The number of benzene rings is 2. The van der Waals surface area contributed by atoms with Crippen LogP contribution in [0.15, 0.2) is 30.3 Å². The highest BCUT2D eigenvalue weighted by atomic mass is 16.7. The zero-order valence-electron chi connectivity index (χ0n) is 15.3. The highest BCUT2D eigenvalue weighted by Crippen LogP contribution is 2.37. The Hall–Kier alpha value is -3.75. The standard InChI is InChI=1S/C19H20N4O5/c1-9(2)11-6-12(14(25)7-13(11)24)17(20)23(18(21)19(22)26)10-3-4-15-16(5-10)28-8-27-15/h3-7,9,20-21,24-25H,8H2,1-2H3,(H2,22,26). The summed E-state index contributed by atoms with van der Waals surface area (Å²) < 4.78 is 10.6. The van der Waals surface area contributed by atoms with Crippen LogP contribution in [0.1, 0.15) is 30.9 Å². The van der Waals surface area contributed by atoms with E-state index in [-0.39, 0.29) is 41.3 Å². The molecular weight excluding hydrogens is 364 g/mol. The molecule has 0 atom stereocenters. The fourth-order valence-corrected chi connectivity index (χ4v) is 2.87. The van der Waals surface area contributed by atoms with Crippen LogP contribution in [-0.4, -0.2) is 34.6 Å². The van der Waals surface area contributed by atoms with Crippen molar-refractivity contribution in [2.24, 2.45) is 5.73 Å². The van der Waals surface area contributed by atoms with Crippen LogP contribution in [0.3, 0.4) is 0 Å². The fourth-order valence-electron chi connectivity index (χ4n) is 2.87. The van der Waals surface area contributed by atoms with E-state index < -0.39 is 11.7 Å². The maximum absolute atomic E-state index is 11.7. The lowest BCUT2D eigenvalue weighted by Crippen LogP contribution is -2.44. The Morgan fingerprint density at radius 2 is 1.79 bits per heavy atom. The predicted octanol–water partition coefficient (Wildman–Crippen LogP) is 2.24. The summed E-state index contributed by atoms with van der Waals surface area (Å²) in [6.07, 6.45) is 0. The van der Waals surface area contributed by atoms with Gasteiger partial charge in [0.1, 0.15) is 17.3 Å². The zero-order valence-corrected chi connectivity index (χ0v) is 15.3. The van der Waals surface area contributed by atoms with Gasteiger partial charge in [-0.25, -0.2) is 0 Å². The van der Waals surface area contributed by atoms with Crippen molar-refractivity contribution in [3.05, 3.63) is 41.5 Å². The smallest absolute Gasteiger partial charge is 0.284 e. The highest BCUT2D eigenvalue weighted by molar-refractivity contribution is 6.47. The Morgan fingerprint density at radius 3 is 2.43 bits per heavy atom. The molecule has 28 heavy (non-hydrogen) atoms. The van der Waals surface area contributed by atoms with Gasteiger partial charge in [-0.05, 0) is 29.7 Å². The molecule has 0 saturated carbocycles. The monoisotopic (exact) mass is 384 g/mol. The minimum Gasteiger partial charge on any atom is -0.508 e. The lowest BCUT2D eigenvalue weighted by atomic mass is 9.98. The van der Waals surface area contributed by atoms with E-state index in [4.69, 9.17) is 26.0 Å². The minimum absolute atomic E-state index is 0.0326. The summed E-state index contributed by atoms with van der Waals surface area (Å²) in [6.45, 7) is 3.74. The van der Waals surface area contributed by atoms with E-state index >= 15 is 0 Å². The molecule has 0 bridgehead atoms. The topological polar surface area (TPSA) is 153 Å². The third-order valence-electron chi connectivity index (χ3n) is 4.32. The van der Waals surface area contributed by atoms with Gasteiger partial charge >= 0.3 is 0 Å². The van der Waals surface area contributed by atoms with Crippen LogP contribution in [0.25, 0.3) is 0 Å². The maximum atomic E-state index is 11.7. The molecule has 0 spiro atoms. The number of aromatic hydroxyl groups is 2. The number of ether oxygens (including phenoxy) is 2. The maximum Gasteiger partial charge on any atom is 0.284 e. The number of anilines is 1. The van der Waals surface area contributed by atoms with Gasteiger partial charge in [-0.15, -0.1) is 0 Å². The van der Waals surface area contributed by atoms with Crippen molar-refractivity contribution in [3.63, 3.8) is 0 Å². The minimum atomic E-state index is -1.05. The number of hydrogen-bond donors (Lipinski definition) is 5. The summed E-state index contributed by atoms with van der Waals surface area (Å²) in [5.74, 6) is -1.74. The van der Waals surface area contributed by atoms with Crippen LogP contribution in [0, 0.1) is 10.8 Å². The van der Waals surface area contributed by atoms with Crippen LogP contribution in [0.5, 0.6) is 23.0 Å². The molecule has 3 rings (SSSR count). The van der Waals surface area contributed by atoms with E-state index in [0.717, 1.165) is 11.0 Å². The van der Waals surface area contributed by atoms with Crippen molar-refractivity contribution in [1.29, 1.82) is 10.8 Å². The summed E-state index contributed by atoms with van der Waals surface area (Å²) in [5, 5.41) is 36.9. The number of hydrogen-bond acceptors (Lipinski definition) is 7. The molecule has 0 fully saturated rings. The van der Waals surface area contributed by atoms with Crippen LogP contribution in [0.4, 0.5) is 5.69 Å². The van der Waals surface area contributed by atoms with E-state index in [2.05, 4.69) is 0 Å². The number of nitrogens with one attached hydrogen (secondary N) is 2. The second kappa shape index (κ2) is 7.10.